The molecule has 1 heterocycles. The maximum absolute atomic E-state index is 11.7. The lowest BCUT2D eigenvalue weighted by atomic mass is 10.0. The number of amides is 2. The number of piperidine rings is 1. The first-order valence-corrected chi connectivity index (χ1v) is 6.61. The van der Waals surface area contributed by atoms with Crippen LogP contribution >= 0.6 is 12.4 Å². The molecule has 2 atom stereocenters. The predicted octanol–water partition coefficient (Wildman–Crippen LogP) is 0.502. The third-order valence-corrected chi connectivity index (χ3v) is 3.30. The van der Waals surface area contributed by atoms with Crippen molar-refractivity contribution in [2.24, 2.45) is 0 Å². The molecule has 2 amide bonds. The van der Waals surface area contributed by atoms with Crippen molar-refractivity contribution in [3.63, 3.8) is 0 Å². The molecule has 1 fully saturated rings. The first kappa shape index (κ1) is 17.2. The Hall–Kier alpha value is -1.81. The number of benzene rings is 1. The maximum Gasteiger partial charge on any atom is 0.315 e. The molecule has 7 heteroatoms. The van der Waals surface area contributed by atoms with Gasteiger partial charge in [0, 0.05) is 13.1 Å². The Bertz CT molecular complexity index is 501. The van der Waals surface area contributed by atoms with Gasteiger partial charge in [-0.1, -0.05) is 12.1 Å². The molecule has 21 heavy (non-hydrogen) atoms. The fraction of sp³-hybridized carbons (Fsp3) is 0.429. The Morgan fingerprint density at radius 3 is 2.76 bits per heavy atom. The van der Waals surface area contributed by atoms with Crippen molar-refractivity contribution in [2.75, 3.05) is 13.1 Å². The molecule has 6 nitrogen and oxygen atoms in total. The second kappa shape index (κ2) is 8.47. The summed E-state index contributed by atoms with van der Waals surface area (Å²) in [6, 6.07) is 8.58. The molecule has 114 valence electrons. The third-order valence-electron chi connectivity index (χ3n) is 3.30. The van der Waals surface area contributed by atoms with Gasteiger partial charge in [0.1, 0.15) is 0 Å². The highest BCUT2D eigenvalue weighted by atomic mass is 35.5. The smallest absolute Gasteiger partial charge is 0.315 e. The van der Waals surface area contributed by atoms with Crippen LogP contribution in [0.15, 0.2) is 24.3 Å². The fourth-order valence-electron chi connectivity index (χ4n) is 2.11. The van der Waals surface area contributed by atoms with Crippen LogP contribution in [0.1, 0.15) is 17.5 Å². The summed E-state index contributed by atoms with van der Waals surface area (Å²) in [6.07, 6.45) is 0.162. The van der Waals surface area contributed by atoms with E-state index in [2.05, 4.69) is 16.0 Å². The van der Waals surface area contributed by atoms with Crippen molar-refractivity contribution < 1.29 is 9.90 Å². The van der Waals surface area contributed by atoms with Crippen LogP contribution in [0.2, 0.25) is 0 Å². The molecular formula is C14H19ClN4O2. The highest BCUT2D eigenvalue weighted by Crippen LogP contribution is 2.04. The fourth-order valence-corrected chi connectivity index (χ4v) is 2.11. The van der Waals surface area contributed by atoms with Crippen molar-refractivity contribution in [3.05, 3.63) is 35.4 Å². The van der Waals surface area contributed by atoms with Gasteiger partial charge in [0.15, 0.2) is 0 Å². The van der Waals surface area contributed by atoms with Gasteiger partial charge in [-0.25, -0.2) is 4.79 Å². The molecule has 0 aliphatic carbocycles. The van der Waals surface area contributed by atoms with Gasteiger partial charge in [-0.05, 0) is 30.7 Å². The zero-order valence-electron chi connectivity index (χ0n) is 11.5. The van der Waals surface area contributed by atoms with E-state index in [0.29, 0.717) is 25.1 Å². The number of hydrogen-bond acceptors (Lipinski definition) is 4. The van der Waals surface area contributed by atoms with Gasteiger partial charge in [-0.2, -0.15) is 5.26 Å². The number of rotatable bonds is 3. The van der Waals surface area contributed by atoms with Crippen LogP contribution in [0.4, 0.5) is 4.79 Å². The van der Waals surface area contributed by atoms with Gasteiger partial charge >= 0.3 is 6.03 Å². The minimum atomic E-state index is -0.551. The lowest BCUT2D eigenvalue weighted by Gasteiger charge is -2.29. The molecule has 0 saturated carbocycles. The molecule has 0 bridgehead atoms. The van der Waals surface area contributed by atoms with Crippen LogP contribution in [0.25, 0.3) is 0 Å². The van der Waals surface area contributed by atoms with Crippen molar-refractivity contribution >= 4 is 18.4 Å². The summed E-state index contributed by atoms with van der Waals surface area (Å²) in [5.41, 5.74) is 1.51. The van der Waals surface area contributed by atoms with E-state index < -0.39 is 6.10 Å². The first-order chi connectivity index (χ1) is 9.69. The van der Waals surface area contributed by atoms with E-state index in [0.717, 1.165) is 12.1 Å². The van der Waals surface area contributed by atoms with E-state index in [-0.39, 0.29) is 24.5 Å². The quantitative estimate of drug-likeness (QED) is 0.653. The zero-order chi connectivity index (χ0) is 14.4. The van der Waals surface area contributed by atoms with Crippen molar-refractivity contribution in [1.29, 1.82) is 5.26 Å². The zero-order valence-corrected chi connectivity index (χ0v) is 12.3. The van der Waals surface area contributed by atoms with Crippen LogP contribution in [0.3, 0.4) is 0 Å². The highest BCUT2D eigenvalue weighted by molar-refractivity contribution is 5.85. The molecule has 0 unspecified atom stereocenters. The number of hydrogen-bond donors (Lipinski definition) is 4. The number of carbonyl (C=O) groups excluding carboxylic acids is 1. The molecule has 1 saturated heterocycles. The standard InChI is InChI=1S/C14H18N4O2.ClH/c15-7-10-1-3-11(4-2-10)8-17-14(20)18-12-5-6-16-9-13(12)19;/h1-4,12-13,16,19H,5-6,8-9H2,(H2,17,18,20);1H/t12-,13-;/m1./s1. The van der Waals surface area contributed by atoms with Gasteiger partial charge in [-0.15, -0.1) is 12.4 Å². The number of carbonyl (C=O) groups is 1. The second-order valence-corrected chi connectivity index (χ2v) is 4.80. The lowest BCUT2D eigenvalue weighted by Crippen LogP contribution is -2.54. The lowest BCUT2D eigenvalue weighted by molar-refractivity contribution is 0.106. The van der Waals surface area contributed by atoms with Crippen molar-refractivity contribution in [3.8, 4) is 6.07 Å². The Morgan fingerprint density at radius 1 is 1.43 bits per heavy atom. The number of aliphatic hydroxyl groups is 1. The van der Waals surface area contributed by atoms with E-state index in [1.54, 1.807) is 24.3 Å². The minimum absolute atomic E-state index is 0. The van der Waals surface area contributed by atoms with Crippen LogP contribution in [0.5, 0.6) is 0 Å². The molecule has 4 N–H and O–H groups in total. The molecule has 1 aliphatic heterocycles. The summed E-state index contributed by atoms with van der Waals surface area (Å²) in [4.78, 5) is 11.7. The number of β-amino-alcohol motifs (C(OH)–C–C–N with tert-alkyl or cyclic N) is 1. The first-order valence-electron chi connectivity index (χ1n) is 6.61. The predicted molar refractivity (Wildman–Crippen MR) is 81.1 cm³/mol. The third kappa shape index (κ3) is 5.23. The summed E-state index contributed by atoms with van der Waals surface area (Å²) >= 11 is 0. The molecule has 0 aromatic heterocycles. The maximum atomic E-state index is 11.7. The van der Waals surface area contributed by atoms with E-state index in [9.17, 15) is 9.90 Å². The summed E-state index contributed by atoms with van der Waals surface area (Å²) in [7, 11) is 0. The minimum Gasteiger partial charge on any atom is -0.390 e. The molecule has 1 aromatic carbocycles. The van der Waals surface area contributed by atoms with Crippen molar-refractivity contribution in [2.45, 2.75) is 25.1 Å². The Balaban J connectivity index is 0.00000220. The van der Waals surface area contributed by atoms with Crippen LogP contribution in [0, 0.1) is 11.3 Å². The van der Waals surface area contributed by atoms with E-state index in [4.69, 9.17) is 5.26 Å². The number of nitrogens with one attached hydrogen (secondary N) is 3. The molecule has 0 radical (unpaired) electrons. The van der Waals surface area contributed by atoms with Gasteiger partial charge in [0.05, 0.1) is 23.8 Å². The number of nitriles is 1. The second-order valence-electron chi connectivity index (χ2n) is 4.80. The van der Waals surface area contributed by atoms with E-state index in [1.165, 1.54) is 0 Å². The molecule has 1 aromatic rings. The van der Waals surface area contributed by atoms with Crippen LogP contribution < -0.4 is 16.0 Å². The number of halogens is 1. The van der Waals surface area contributed by atoms with Gasteiger partial charge in [-0.3, -0.25) is 0 Å². The van der Waals surface area contributed by atoms with Gasteiger partial charge < -0.3 is 21.1 Å². The number of aliphatic hydroxyl groups excluding tert-OH is 1. The van der Waals surface area contributed by atoms with Gasteiger partial charge in [0.2, 0.25) is 0 Å². The topological polar surface area (TPSA) is 97.2 Å². The molecule has 0 spiro atoms. The average molecular weight is 311 g/mol. The monoisotopic (exact) mass is 310 g/mol. The van der Waals surface area contributed by atoms with E-state index in [1.807, 2.05) is 6.07 Å². The SMILES string of the molecule is Cl.N#Cc1ccc(CNC(=O)N[C@@H]2CCNC[C@H]2O)cc1. The summed E-state index contributed by atoms with van der Waals surface area (Å²) < 4.78 is 0. The van der Waals surface area contributed by atoms with Crippen molar-refractivity contribution in [1.82, 2.24) is 16.0 Å². The largest absolute Gasteiger partial charge is 0.390 e. The molecule has 2 rings (SSSR count). The number of urea groups is 1. The summed E-state index contributed by atoms with van der Waals surface area (Å²) in [6.45, 7) is 1.68. The average Bonchev–Trinajstić information content (AvgIpc) is 2.48. The number of nitrogens with zero attached hydrogens (tertiary/aromatic N) is 1. The van der Waals surface area contributed by atoms with Gasteiger partial charge in [0.25, 0.3) is 0 Å². The normalized spacial score (nSPS) is 20.8. The van der Waals surface area contributed by atoms with Crippen LogP contribution in [-0.2, 0) is 6.54 Å². The van der Waals surface area contributed by atoms with Crippen LogP contribution in [-0.4, -0.2) is 36.4 Å². The summed E-state index contributed by atoms with van der Waals surface area (Å²) in [5, 5.41) is 27.0. The van der Waals surface area contributed by atoms with E-state index >= 15 is 0 Å². The molecular weight excluding hydrogens is 292 g/mol. The Morgan fingerprint density at radius 2 is 2.14 bits per heavy atom. The Kier molecular flexibility index (Phi) is 6.96. The highest BCUT2D eigenvalue weighted by Gasteiger charge is 2.23. The Labute approximate surface area is 129 Å². The molecule has 1 aliphatic rings. The summed E-state index contributed by atoms with van der Waals surface area (Å²) in [5.74, 6) is 0.